The van der Waals surface area contributed by atoms with Crippen LogP contribution in [0.1, 0.15) is 39.5 Å². The van der Waals surface area contributed by atoms with Crippen molar-refractivity contribution in [2.75, 3.05) is 0 Å². The molecule has 0 spiro atoms. The highest BCUT2D eigenvalue weighted by molar-refractivity contribution is 7.40. The maximum atomic E-state index is 11.1. The van der Waals surface area contributed by atoms with Gasteiger partial charge in [0.15, 0.2) is 5.52 Å². The zero-order valence-electron chi connectivity index (χ0n) is 8.05. The van der Waals surface area contributed by atoms with Crippen LogP contribution >= 0.6 is 9.24 Å². The summed E-state index contributed by atoms with van der Waals surface area (Å²) in [5.41, 5.74) is 0.316. The Morgan fingerprint density at radius 1 is 1.50 bits per heavy atom. The third-order valence-corrected chi connectivity index (χ3v) is 3.75. The molecule has 0 heterocycles. The molecule has 0 aromatic rings. The SMILES string of the molecule is CC[C@@H]1CCC(C(=O)P)CC1C. The first kappa shape index (κ1) is 10.2. The highest BCUT2D eigenvalue weighted by Gasteiger charge is 2.28. The van der Waals surface area contributed by atoms with Gasteiger partial charge in [-0.05, 0) is 31.1 Å². The van der Waals surface area contributed by atoms with Crippen molar-refractivity contribution in [3.8, 4) is 0 Å². The first-order chi connectivity index (χ1) is 5.65. The Kier molecular flexibility index (Phi) is 3.71. The number of carbonyl (C=O) groups is 1. The van der Waals surface area contributed by atoms with E-state index in [1.807, 2.05) is 0 Å². The predicted molar refractivity (Wildman–Crippen MR) is 55.0 cm³/mol. The molecule has 0 aromatic carbocycles. The van der Waals surface area contributed by atoms with Crippen molar-refractivity contribution >= 4 is 14.8 Å². The Morgan fingerprint density at radius 2 is 2.17 bits per heavy atom. The van der Waals surface area contributed by atoms with Crippen LogP contribution in [0.4, 0.5) is 0 Å². The van der Waals surface area contributed by atoms with Gasteiger partial charge in [-0.15, -0.1) is 0 Å². The highest BCUT2D eigenvalue weighted by atomic mass is 31.0. The smallest absolute Gasteiger partial charge is 0.151 e. The average molecular weight is 186 g/mol. The maximum absolute atomic E-state index is 11.1. The van der Waals surface area contributed by atoms with Crippen molar-refractivity contribution in [1.29, 1.82) is 0 Å². The fourth-order valence-electron chi connectivity index (χ4n) is 2.32. The topological polar surface area (TPSA) is 17.1 Å². The molecule has 0 amide bonds. The fourth-order valence-corrected chi connectivity index (χ4v) is 2.63. The molecule has 1 aliphatic carbocycles. The third-order valence-electron chi connectivity index (χ3n) is 3.27. The molecule has 3 unspecified atom stereocenters. The lowest BCUT2D eigenvalue weighted by molar-refractivity contribution is -0.116. The molecule has 0 aliphatic heterocycles. The zero-order valence-corrected chi connectivity index (χ0v) is 9.20. The summed E-state index contributed by atoms with van der Waals surface area (Å²) in [4.78, 5) is 11.1. The van der Waals surface area contributed by atoms with E-state index in [1.54, 1.807) is 0 Å². The van der Waals surface area contributed by atoms with Crippen LogP contribution in [0.3, 0.4) is 0 Å². The van der Waals surface area contributed by atoms with Crippen molar-refractivity contribution in [2.45, 2.75) is 39.5 Å². The van der Waals surface area contributed by atoms with Gasteiger partial charge in [-0.1, -0.05) is 29.5 Å². The van der Waals surface area contributed by atoms with Crippen molar-refractivity contribution < 1.29 is 4.79 Å². The summed E-state index contributed by atoms with van der Waals surface area (Å²) in [6, 6.07) is 0. The monoisotopic (exact) mass is 186 g/mol. The summed E-state index contributed by atoms with van der Waals surface area (Å²) in [7, 11) is 2.33. The third kappa shape index (κ3) is 2.29. The van der Waals surface area contributed by atoms with Gasteiger partial charge in [0.25, 0.3) is 0 Å². The molecule has 1 fully saturated rings. The molecule has 0 N–H and O–H groups in total. The summed E-state index contributed by atoms with van der Waals surface area (Å²) < 4.78 is 0. The van der Waals surface area contributed by atoms with Crippen LogP contribution < -0.4 is 0 Å². The van der Waals surface area contributed by atoms with Crippen molar-refractivity contribution in [2.24, 2.45) is 17.8 Å². The Labute approximate surface area is 77.5 Å². The molecular weight excluding hydrogens is 167 g/mol. The second-order valence-corrected chi connectivity index (χ2v) is 4.63. The lowest BCUT2D eigenvalue weighted by Gasteiger charge is -2.32. The van der Waals surface area contributed by atoms with Crippen LogP contribution in [0, 0.1) is 17.8 Å². The minimum absolute atomic E-state index is 0.316. The average Bonchev–Trinajstić information content (AvgIpc) is 2.04. The van der Waals surface area contributed by atoms with Crippen LogP contribution in [0.25, 0.3) is 0 Å². The first-order valence-electron chi connectivity index (χ1n) is 4.94. The van der Waals surface area contributed by atoms with Crippen LogP contribution in [0.5, 0.6) is 0 Å². The maximum Gasteiger partial charge on any atom is 0.151 e. The normalized spacial score (nSPS) is 36.4. The van der Waals surface area contributed by atoms with Crippen LogP contribution in [-0.4, -0.2) is 5.52 Å². The summed E-state index contributed by atoms with van der Waals surface area (Å²) in [6.45, 7) is 4.54. The Hall–Kier alpha value is 0.100. The Bertz CT molecular complexity index is 167. The van der Waals surface area contributed by atoms with Gasteiger partial charge in [0.2, 0.25) is 0 Å². The number of hydrogen-bond donors (Lipinski definition) is 0. The number of hydrogen-bond acceptors (Lipinski definition) is 1. The van der Waals surface area contributed by atoms with Gasteiger partial charge in [0, 0.05) is 5.92 Å². The van der Waals surface area contributed by atoms with Gasteiger partial charge in [0.1, 0.15) is 0 Å². The Balaban J connectivity index is 2.46. The summed E-state index contributed by atoms with van der Waals surface area (Å²) in [5, 5.41) is 0. The van der Waals surface area contributed by atoms with Crippen molar-refractivity contribution in [3.05, 3.63) is 0 Å². The summed E-state index contributed by atoms with van der Waals surface area (Å²) >= 11 is 0. The molecule has 12 heavy (non-hydrogen) atoms. The van der Waals surface area contributed by atoms with E-state index < -0.39 is 0 Å². The van der Waals surface area contributed by atoms with E-state index in [-0.39, 0.29) is 0 Å². The van der Waals surface area contributed by atoms with Crippen LogP contribution in [0.2, 0.25) is 0 Å². The molecular formula is C10H19OP. The van der Waals surface area contributed by atoms with E-state index in [2.05, 4.69) is 23.1 Å². The minimum atomic E-state index is 0.316. The molecule has 0 saturated heterocycles. The summed E-state index contributed by atoms with van der Waals surface area (Å²) in [5.74, 6) is 1.96. The largest absolute Gasteiger partial charge is 0.295 e. The lowest BCUT2D eigenvalue weighted by Crippen LogP contribution is -2.25. The van der Waals surface area contributed by atoms with Gasteiger partial charge >= 0.3 is 0 Å². The Morgan fingerprint density at radius 3 is 2.58 bits per heavy atom. The van der Waals surface area contributed by atoms with Crippen LogP contribution in [0.15, 0.2) is 0 Å². The predicted octanol–water partition coefficient (Wildman–Crippen LogP) is 2.85. The van der Waals surface area contributed by atoms with Gasteiger partial charge in [-0.3, -0.25) is 4.79 Å². The molecule has 1 saturated carbocycles. The van der Waals surface area contributed by atoms with Gasteiger partial charge < -0.3 is 0 Å². The molecule has 4 atom stereocenters. The fraction of sp³-hybridized carbons (Fsp3) is 0.900. The van der Waals surface area contributed by atoms with E-state index in [1.165, 1.54) is 12.8 Å². The second-order valence-electron chi connectivity index (χ2n) is 4.06. The molecule has 0 radical (unpaired) electrons. The molecule has 1 rings (SSSR count). The standard InChI is InChI=1S/C10H19OP/c1-3-8-4-5-9(10(11)12)6-7(8)2/h7-9H,3-6,12H2,1-2H3/t7?,8-,9?/m1/s1. The quantitative estimate of drug-likeness (QED) is 0.606. The molecule has 0 bridgehead atoms. The minimum Gasteiger partial charge on any atom is -0.295 e. The summed E-state index contributed by atoms with van der Waals surface area (Å²) in [6.07, 6.45) is 4.76. The molecule has 1 aliphatic rings. The first-order valence-corrected chi connectivity index (χ1v) is 5.52. The molecule has 2 heteroatoms. The zero-order chi connectivity index (χ0) is 9.14. The van der Waals surface area contributed by atoms with Gasteiger partial charge in [-0.25, -0.2) is 0 Å². The number of carbonyl (C=O) groups excluding carboxylic acids is 1. The van der Waals surface area contributed by atoms with Gasteiger partial charge in [-0.2, -0.15) is 0 Å². The highest BCUT2D eigenvalue weighted by Crippen LogP contribution is 2.36. The lowest BCUT2D eigenvalue weighted by atomic mass is 9.74. The van der Waals surface area contributed by atoms with E-state index in [0.717, 1.165) is 24.7 Å². The second kappa shape index (κ2) is 4.37. The van der Waals surface area contributed by atoms with E-state index in [9.17, 15) is 4.79 Å². The van der Waals surface area contributed by atoms with Gasteiger partial charge in [0.05, 0.1) is 0 Å². The molecule has 70 valence electrons. The van der Waals surface area contributed by atoms with Crippen molar-refractivity contribution in [1.82, 2.24) is 0 Å². The molecule has 1 nitrogen and oxygen atoms in total. The van der Waals surface area contributed by atoms with E-state index >= 15 is 0 Å². The van der Waals surface area contributed by atoms with Crippen LogP contribution in [-0.2, 0) is 4.79 Å². The van der Waals surface area contributed by atoms with E-state index in [0.29, 0.717) is 11.4 Å². The van der Waals surface area contributed by atoms with Crippen molar-refractivity contribution in [3.63, 3.8) is 0 Å². The van der Waals surface area contributed by atoms with E-state index in [4.69, 9.17) is 0 Å². The number of rotatable bonds is 2. The molecule has 0 aromatic heterocycles.